The van der Waals surface area contributed by atoms with Crippen LogP contribution in [0.4, 0.5) is 0 Å². The van der Waals surface area contributed by atoms with Gasteiger partial charge in [0.15, 0.2) is 0 Å². The third-order valence-corrected chi connectivity index (χ3v) is 2.82. The number of halogens is 2. The topological polar surface area (TPSA) is 17.3 Å². The van der Waals surface area contributed by atoms with Crippen molar-refractivity contribution in [1.29, 1.82) is 0 Å². The van der Waals surface area contributed by atoms with E-state index in [1.807, 2.05) is 43.5 Å². The largest absolute Gasteiger partial charge is 0.304 e. The maximum Gasteiger partial charge on any atom is 0.138 e. The summed E-state index contributed by atoms with van der Waals surface area (Å²) in [7, 11) is 0. The van der Waals surface area contributed by atoms with Crippen LogP contribution in [0.3, 0.4) is 0 Å². The van der Waals surface area contributed by atoms with Crippen molar-refractivity contribution >= 4 is 33.2 Å². The van der Waals surface area contributed by atoms with Crippen LogP contribution < -0.4 is 0 Å². The molecule has 0 aliphatic carbocycles. The van der Waals surface area contributed by atoms with Gasteiger partial charge in [0.1, 0.15) is 5.65 Å². The molecule has 2 aromatic heterocycles. The lowest BCUT2D eigenvalue weighted by molar-refractivity contribution is 1.09. The number of hydrogen-bond acceptors (Lipinski definition) is 1. The van der Waals surface area contributed by atoms with Crippen LogP contribution in [0.15, 0.2) is 18.3 Å². The number of imidazole rings is 1. The Balaban J connectivity index is 0.000000531. The monoisotopic (exact) mass is 288 g/mol. The van der Waals surface area contributed by atoms with E-state index in [4.69, 9.17) is 11.6 Å². The summed E-state index contributed by atoms with van der Waals surface area (Å²) in [5.74, 6) is 0. The summed E-state index contributed by atoms with van der Waals surface area (Å²) in [4.78, 5) is 4.42. The predicted molar refractivity (Wildman–Crippen MR) is 68.9 cm³/mol. The summed E-state index contributed by atoms with van der Waals surface area (Å²) >= 11 is 9.25. The van der Waals surface area contributed by atoms with Crippen molar-refractivity contribution in [3.63, 3.8) is 0 Å². The van der Waals surface area contributed by atoms with Crippen LogP contribution in [0, 0.1) is 6.92 Å². The van der Waals surface area contributed by atoms with Gasteiger partial charge in [-0.15, -0.1) is 0 Å². The summed E-state index contributed by atoms with van der Waals surface area (Å²) in [5, 5.41) is 1.50. The SMILES string of the molecule is CC.Cc1c(CBr)nc2cc(Cl)ccn12. The summed E-state index contributed by atoms with van der Waals surface area (Å²) in [6.07, 6.45) is 1.94. The average molecular weight is 290 g/mol. The lowest BCUT2D eigenvalue weighted by Crippen LogP contribution is -1.86. The first-order valence-electron chi connectivity index (χ1n) is 4.91. The summed E-state index contributed by atoms with van der Waals surface area (Å²) in [6, 6.07) is 3.72. The normalized spacial score (nSPS) is 9.93. The molecule has 2 aromatic rings. The van der Waals surface area contributed by atoms with Gasteiger partial charge in [0, 0.05) is 28.3 Å². The molecule has 0 unspecified atom stereocenters. The van der Waals surface area contributed by atoms with Crippen LogP contribution >= 0.6 is 27.5 Å². The van der Waals surface area contributed by atoms with Crippen LogP contribution in [0.2, 0.25) is 5.02 Å². The molecule has 0 fully saturated rings. The molecule has 0 saturated heterocycles. The zero-order valence-electron chi connectivity index (χ0n) is 9.09. The number of nitrogens with zero attached hydrogens (tertiary/aromatic N) is 2. The van der Waals surface area contributed by atoms with Crippen molar-refractivity contribution in [2.45, 2.75) is 26.1 Å². The average Bonchev–Trinajstić information content (AvgIpc) is 2.58. The first-order chi connectivity index (χ1) is 7.22. The number of rotatable bonds is 1. The van der Waals surface area contributed by atoms with Crippen LogP contribution in [0.25, 0.3) is 5.65 Å². The highest BCUT2D eigenvalue weighted by Gasteiger charge is 2.06. The third kappa shape index (κ3) is 2.52. The van der Waals surface area contributed by atoms with Gasteiger partial charge in [-0.1, -0.05) is 41.4 Å². The van der Waals surface area contributed by atoms with E-state index in [0.29, 0.717) is 0 Å². The van der Waals surface area contributed by atoms with E-state index < -0.39 is 0 Å². The molecule has 0 aromatic carbocycles. The van der Waals surface area contributed by atoms with E-state index in [1.54, 1.807) is 0 Å². The van der Waals surface area contributed by atoms with Gasteiger partial charge < -0.3 is 4.40 Å². The van der Waals surface area contributed by atoms with E-state index in [2.05, 4.69) is 20.9 Å². The van der Waals surface area contributed by atoms with E-state index >= 15 is 0 Å². The zero-order chi connectivity index (χ0) is 11.4. The fraction of sp³-hybridized carbons (Fsp3) is 0.364. The zero-order valence-corrected chi connectivity index (χ0v) is 11.4. The number of pyridine rings is 1. The Bertz CT molecular complexity index is 451. The van der Waals surface area contributed by atoms with Crippen molar-refractivity contribution in [2.75, 3.05) is 0 Å². The van der Waals surface area contributed by atoms with Gasteiger partial charge in [0.05, 0.1) is 5.69 Å². The molecule has 0 saturated carbocycles. The molecule has 0 atom stereocenters. The Morgan fingerprint density at radius 1 is 1.47 bits per heavy atom. The molecule has 15 heavy (non-hydrogen) atoms. The second kappa shape index (κ2) is 5.52. The molecule has 0 spiro atoms. The molecule has 4 heteroatoms. The highest BCUT2D eigenvalue weighted by molar-refractivity contribution is 9.08. The Labute approximate surface area is 103 Å². The molecule has 0 aliphatic rings. The third-order valence-electron chi connectivity index (χ3n) is 2.05. The summed E-state index contributed by atoms with van der Waals surface area (Å²) in [5.41, 5.74) is 3.12. The Kier molecular flexibility index (Phi) is 4.61. The molecule has 82 valence electrons. The maximum atomic E-state index is 5.86. The standard InChI is InChI=1S/C9H8BrClN2.C2H6/c1-6-8(5-10)12-9-4-7(11)2-3-13(6)9;1-2/h2-4H,5H2,1H3;1-2H3. The predicted octanol–water partition coefficient (Wildman–Crippen LogP) is 4.22. The van der Waals surface area contributed by atoms with Crippen molar-refractivity contribution in [2.24, 2.45) is 0 Å². The highest BCUT2D eigenvalue weighted by Crippen LogP contribution is 2.17. The first-order valence-corrected chi connectivity index (χ1v) is 6.41. The van der Waals surface area contributed by atoms with Crippen molar-refractivity contribution in [1.82, 2.24) is 9.38 Å². The lowest BCUT2D eigenvalue weighted by Gasteiger charge is -1.95. The number of alkyl halides is 1. The Morgan fingerprint density at radius 2 is 2.13 bits per heavy atom. The van der Waals surface area contributed by atoms with Gasteiger partial charge in [0.25, 0.3) is 0 Å². The van der Waals surface area contributed by atoms with Crippen LogP contribution in [-0.2, 0) is 5.33 Å². The number of aryl methyl sites for hydroxylation is 1. The van der Waals surface area contributed by atoms with Gasteiger partial charge in [-0.3, -0.25) is 0 Å². The fourth-order valence-electron chi connectivity index (χ4n) is 1.32. The molecule has 2 rings (SSSR count). The van der Waals surface area contributed by atoms with Gasteiger partial charge in [-0.25, -0.2) is 4.98 Å². The van der Waals surface area contributed by atoms with Gasteiger partial charge >= 0.3 is 0 Å². The van der Waals surface area contributed by atoms with Crippen LogP contribution in [-0.4, -0.2) is 9.38 Å². The van der Waals surface area contributed by atoms with Gasteiger partial charge in [0.2, 0.25) is 0 Å². The molecule has 0 radical (unpaired) electrons. The number of hydrogen-bond donors (Lipinski definition) is 0. The van der Waals surface area contributed by atoms with Crippen molar-refractivity contribution < 1.29 is 0 Å². The minimum atomic E-state index is 0.721. The minimum absolute atomic E-state index is 0.721. The second-order valence-corrected chi connectivity index (χ2v) is 3.85. The number of aromatic nitrogens is 2. The van der Waals surface area contributed by atoms with E-state index in [9.17, 15) is 0 Å². The number of fused-ring (bicyclic) bond motifs is 1. The smallest absolute Gasteiger partial charge is 0.138 e. The quantitative estimate of drug-likeness (QED) is 0.719. The van der Waals surface area contributed by atoms with Gasteiger partial charge in [-0.2, -0.15) is 0 Å². The molecule has 0 bridgehead atoms. The van der Waals surface area contributed by atoms with E-state index in [-0.39, 0.29) is 0 Å². The molecule has 2 heterocycles. The van der Waals surface area contributed by atoms with Crippen molar-refractivity contribution in [3.8, 4) is 0 Å². The minimum Gasteiger partial charge on any atom is -0.304 e. The van der Waals surface area contributed by atoms with E-state index in [0.717, 1.165) is 27.4 Å². The fourth-order valence-corrected chi connectivity index (χ4v) is 2.00. The van der Waals surface area contributed by atoms with Gasteiger partial charge in [-0.05, 0) is 13.0 Å². The van der Waals surface area contributed by atoms with Crippen LogP contribution in [0.1, 0.15) is 25.2 Å². The van der Waals surface area contributed by atoms with E-state index in [1.165, 1.54) is 0 Å². The molecule has 0 amide bonds. The molecule has 2 nitrogen and oxygen atoms in total. The van der Waals surface area contributed by atoms with Crippen LogP contribution in [0.5, 0.6) is 0 Å². The molecule has 0 aliphatic heterocycles. The highest BCUT2D eigenvalue weighted by atomic mass is 79.9. The molecule has 0 N–H and O–H groups in total. The van der Waals surface area contributed by atoms with Crippen molar-refractivity contribution in [3.05, 3.63) is 34.7 Å². The Morgan fingerprint density at radius 3 is 2.73 bits per heavy atom. The molecular formula is C11H14BrClN2. The summed E-state index contributed by atoms with van der Waals surface area (Å²) in [6.45, 7) is 6.05. The second-order valence-electron chi connectivity index (χ2n) is 2.85. The first kappa shape index (κ1) is 12.5. The lowest BCUT2D eigenvalue weighted by atomic mass is 10.4. The molecular weight excluding hydrogens is 275 g/mol. The Hall–Kier alpha value is -0.540. The maximum absolute atomic E-state index is 5.86. The summed E-state index contributed by atoms with van der Waals surface area (Å²) < 4.78 is 2.03.